The Labute approximate surface area is 101 Å². The standard InChI is InChI=1S/C12H9F3N2O/c13-12(14,15)8-3-1-2-7(6-8)9-4-5-10(18-9)11(16)17/h1-6H,(H3,16,17). The zero-order chi connectivity index (χ0) is 13.3. The van der Waals surface area contributed by atoms with Crippen LogP contribution in [0.25, 0.3) is 11.3 Å². The van der Waals surface area contributed by atoms with Crippen molar-refractivity contribution < 1.29 is 17.6 Å². The van der Waals surface area contributed by atoms with Crippen LogP contribution >= 0.6 is 0 Å². The van der Waals surface area contributed by atoms with Crippen molar-refractivity contribution in [2.45, 2.75) is 6.18 Å². The van der Waals surface area contributed by atoms with Crippen molar-refractivity contribution in [3.8, 4) is 11.3 Å². The summed E-state index contributed by atoms with van der Waals surface area (Å²) in [6.45, 7) is 0. The number of nitrogens with one attached hydrogen (secondary N) is 1. The Kier molecular flexibility index (Phi) is 2.86. The van der Waals surface area contributed by atoms with Gasteiger partial charge in [0.25, 0.3) is 0 Å². The van der Waals surface area contributed by atoms with Crippen LogP contribution in [-0.2, 0) is 6.18 Å². The van der Waals surface area contributed by atoms with Gasteiger partial charge in [-0.3, -0.25) is 5.41 Å². The number of amidine groups is 1. The third kappa shape index (κ3) is 2.37. The monoisotopic (exact) mass is 254 g/mol. The minimum Gasteiger partial charge on any atom is -0.453 e. The first-order chi connectivity index (χ1) is 8.38. The van der Waals surface area contributed by atoms with Crippen molar-refractivity contribution in [3.05, 3.63) is 47.7 Å². The van der Waals surface area contributed by atoms with Crippen LogP contribution in [0.15, 0.2) is 40.8 Å². The molecule has 0 radical (unpaired) electrons. The summed E-state index contributed by atoms with van der Waals surface area (Å²) < 4.78 is 42.8. The maximum atomic E-state index is 12.5. The van der Waals surface area contributed by atoms with Gasteiger partial charge in [0.15, 0.2) is 11.6 Å². The molecule has 2 rings (SSSR count). The summed E-state index contributed by atoms with van der Waals surface area (Å²) in [4.78, 5) is 0. The molecule has 0 saturated heterocycles. The van der Waals surface area contributed by atoms with Crippen LogP contribution in [0.5, 0.6) is 0 Å². The minimum atomic E-state index is -4.40. The number of halogens is 3. The minimum absolute atomic E-state index is 0.127. The highest BCUT2D eigenvalue weighted by Crippen LogP contribution is 2.32. The number of nitrogens with two attached hydrogens (primary N) is 1. The first-order valence-corrected chi connectivity index (χ1v) is 5.00. The number of furan rings is 1. The Hall–Kier alpha value is -2.24. The Morgan fingerprint density at radius 2 is 1.89 bits per heavy atom. The molecule has 6 heteroatoms. The topological polar surface area (TPSA) is 63.0 Å². The van der Waals surface area contributed by atoms with Gasteiger partial charge in [0, 0.05) is 5.56 Å². The van der Waals surface area contributed by atoms with Gasteiger partial charge >= 0.3 is 6.18 Å². The van der Waals surface area contributed by atoms with Gasteiger partial charge in [0.05, 0.1) is 5.56 Å². The normalized spacial score (nSPS) is 11.5. The lowest BCUT2D eigenvalue weighted by atomic mass is 10.1. The molecule has 0 bridgehead atoms. The lowest BCUT2D eigenvalue weighted by Crippen LogP contribution is -2.09. The second-order valence-corrected chi connectivity index (χ2v) is 3.66. The number of hydrogen-bond donors (Lipinski definition) is 2. The van der Waals surface area contributed by atoms with Gasteiger partial charge < -0.3 is 10.2 Å². The lowest BCUT2D eigenvalue weighted by molar-refractivity contribution is -0.137. The average molecular weight is 254 g/mol. The Morgan fingerprint density at radius 1 is 1.17 bits per heavy atom. The molecule has 0 atom stereocenters. The number of rotatable bonds is 2. The van der Waals surface area contributed by atoms with E-state index in [1.807, 2.05) is 0 Å². The highest BCUT2D eigenvalue weighted by atomic mass is 19.4. The van der Waals surface area contributed by atoms with E-state index in [1.54, 1.807) is 0 Å². The zero-order valence-corrected chi connectivity index (χ0v) is 9.08. The summed E-state index contributed by atoms with van der Waals surface area (Å²) in [5.41, 5.74) is 4.75. The first-order valence-electron chi connectivity index (χ1n) is 5.00. The van der Waals surface area contributed by atoms with Crippen molar-refractivity contribution in [1.29, 1.82) is 5.41 Å². The quantitative estimate of drug-likeness (QED) is 0.638. The number of hydrogen-bond acceptors (Lipinski definition) is 2. The van der Waals surface area contributed by atoms with E-state index >= 15 is 0 Å². The molecule has 0 spiro atoms. The maximum Gasteiger partial charge on any atom is 0.416 e. The predicted octanol–water partition coefficient (Wildman–Crippen LogP) is 3.25. The van der Waals surface area contributed by atoms with E-state index in [0.29, 0.717) is 0 Å². The molecule has 0 aliphatic rings. The van der Waals surface area contributed by atoms with Crippen molar-refractivity contribution in [3.63, 3.8) is 0 Å². The molecule has 94 valence electrons. The Morgan fingerprint density at radius 3 is 2.44 bits per heavy atom. The van der Waals surface area contributed by atoms with Crippen molar-refractivity contribution in [2.75, 3.05) is 0 Å². The molecule has 0 amide bonds. The molecule has 1 aromatic heterocycles. The van der Waals surface area contributed by atoms with E-state index in [1.165, 1.54) is 24.3 Å². The highest BCUT2D eigenvalue weighted by molar-refractivity contribution is 5.92. The maximum absolute atomic E-state index is 12.5. The fourth-order valence-electron chi connectivity index (χ4n) is 1.49. The van der Waals surface area contributed by atoms with Crippen LogP contribution in [0.3, 0.4) is 0 Å². The number of benzene rings is 1. The molecule has 0 aliphatic carbocycles. The van der Waals surface area contributed by atoms with Gasteiger partial charge in [0.2, 0.25) is 0 Å². The molecule has 3 N–H and O–H groups in total. The molecule has 0 saturated carbocycles. The highest BCUT2D eigenvalue weighted by Gasteiger charge is 2.30. The average Bonchev–Trinajstić information content (AvgIpc) is 2.77. The molecule has 0 aliphatic heterocycles. The van der Waals surface area contributed by atoms with Crippen LogP contribution in [0.2, 0.25) is 0 Å². The summed E-state index contributed by atoms with van der Waals surface area (Å²) in [7, 11) is 0. The molecule has 0 unspecified atom stereocenters. The Bertz CT molecular complexity index is 587. The van der Waals surface area contributed by atoms with Crippen LogP contribution in [0.4, 0.5) is 13.2 Å². The Balaban J connectivity index is 2.41. The molecule has 3 nitrogen and oxygen atoms in total. The van der Waals surface area contributed by atoms with Crippen molar-refractivity contribution in [1.82, 2.24) is 0 Å². The van der Waals surface area contributed by atoms with E-state index in [9.17, 15) is 13.2 Å². The molecular formula is C12H9F3N2O. The van der Waals surface area contributed by atoms with Gasteiger partial charge in [-0.1, -0.05) is 12.1 Å². The molecule has 2 aromatic rings. The van der Waals surface area contributed by atoms with Crippen molar-refractivity contribution in [2.24, 2.45) is 5.73 Å². The van der Waals surface area contributed by atoms with E-state index < -0.39 is 11.7 Å². The number of nitrogen functional groups attached to an aromatic ring is 1. The molecule has 0 fully saturated rings. The lowest BCUT2D eigenvalue weighted by Gasteiger charge is -2.07. The summed E-state index contributed by atoms with van der Waals surface area (Å²) in [6, 6.07) is 7.69. The third-order valence-electron chi connectivity index (χ3n) is 2.35. The zero-order valence-electron chi connectivity index (χ0n) is 9.08. The second-order valence-electron chi connectivity index (χ2n) is 3.66. The number of alkyl halides is 3. The molecule has 1 heterocycles. The molecular weight excluding hydrogens is 245 g/mol. The van der Waals surface area contributed by atoms with Gasteiger partial charge in [-0.05, 0) is 24.3 Å². The van der Waals surface area contributed by atoms with E-state index in [-0.39, 0.29) is 22.9 Å². The van der Waals surface area contributed by atoms with Crippen LogP contribution in [0, 0.1) is 5.41 Å². The van der Waals surface area contributed by atoms with E-state index in [2.05, 4.69) is 0 Å². The fraction of sp³-hybridized carbons (Fsp3) is 0.0833. The van der Waals surface area contributed by atoms with Gasteiger partial charge in [-0.25, -0.2) is 0 Å². The summed E-state index contributed by atoms with van der Waals surface area (Å²) >= 11 is 0. The van der Waals surface area contributed by atoms with Gasteiger partial charge in [-0.15, -0.1) is 0 Å². The molecule has 1 aromatic carbocycles. The smallest absolute Gasteiger partial charge is 0.416 e. The fourth-order valence-corrected chi connectivity index (χ4v) is 1.49. The van der Waals surface area contributed by atoms with Crippen LogP contribution < -0.4 is 5.73 Å². The van der Waals surface area contributed by atoms with E-state index in [4.69, 9.17) is 15.6 Å². The summed E-state index contributed by atoms with van der Waals surface area (Å²) in [5, 5.41) is 7.16. The van der Waals surface area contributed by atoms with Crippen LogP contribution in [-0.4, -0.2) is 5.84 Å². The second kappa shape index (κ2) is 4.21. The van der Waals surface area contributed by atoms with Crippen molar-refractivity contribution >= 4 is 5.84 Å². The summed E-state index contributed by atoms with van der Waals surface area (Å²) in [5.74, 6) is 0.0990. The van der Waals surface area contributed by atoms with Gasteiger partial charge in [0.1, 0.15) is 5.76 Å². The third-order valence-corrected chi connectivity index (χ3v) is 2.35. The van der Waals surface area contributed by atoms with E-state index in [0.717, 1.165) is 12.1 Å². The SMILES string of the molecule is N=C(N)c1ccc(-c2cccc(C(F)(F)F)c2)o1. The van der Waals surface area contributed by atoms with Gasteiger partial charge in [-0.2, -0.15) is 13.2 Å². The first kappa shape index (κ1) is 12.2. The summed E-state index contributed by atoms with van der Waals surface area (Å²) in [6.07, 6.45) is -4.40. The molecule has 18 heavy (non-hydrogen) atoms. The van der Waals surface area contributed by atoms with Crippen LogP contribution in [0.1, 0.15) is 11.3 Å². The predicted molar refractivity (Wildman–Crippen MR) is 60.2 cm³/mol. The largest absolute Gasteiger partial charge is 0.453 e.